The number of hydrogen-bond donors (Lipinski definition) is 1. The molecule has 6 nitrogen and oxygen atoms in total. The van der Waals surface area contributed by atoms with Crippen molar-refractivity contribution >= 4 is 29.3 Å². The van der Waals surface area contributed by atoms with Crippen LogP contribution in [-0.2, 0) is 4.79 Å². The maximum atomic E-state index is 12.3. The third-order valence-electron chi connectivity index (χ3n) is 3.87. The molecule has 1 N–H and O–H groups in total. The van der Waals surface area contributed by atoms with Crippen molar-refractivity contribution in [1.29, 1.82) is 0 Å². The highest BCUT2D eigenvalue weighted by molar-refractivity contribution is 8.00. The van der Waals surface area contributed by atoms with E-state index in [0.717, 1.165) is 12.8 Å². The number of benzene rings is 1. The molecule has 0 aliphatic heterocycles. The maximum absolute atomic E-state index is 12.3. The van der Waals surface area contributed by atoms with Gasteiger partial charge in [-0.2, -0.15) is 4.68 Å². The molecule has 23 heavy (non-hydrogen) atoms. The molecule has 0 saturated heterocycles. The third-order valence-corrected chi connectivity index (χ3v) is 5.23. The molecule has 1 unspecified atom stereocenters. The van der Waals surface area contributed by atoms with Crippen molar-refractivity contribution in [2.24, 2.45) is 0 Å². The second kappa shape index (κ2) is 7.31. The van der Waals surface area contributed by atoms with E-state index in [1.807, 2.05) is 25.1 Å². The lowest BCUT2D eigenvalue weighted by molar-refractivity contribution is -0.120. The largest absolute Gasteiger partial charge is 0.352 e. The number of thioether (sulfide) groups is 1. The summed E-state index contributed by atoms with van der Waals surface area (Å²) in [6.45, 7) is 1.86. The monoisotopic (exact) mass is 351 g/mol. The molecule has 122 valence electrons. The first-order valence-electron chi connectivity index (χ1n) is 7.65. The third kappa shape index (κ3) is 3.84. The molecule has 1 aromatic heterocycles. The van der Waals surface area contributed by atoms with E-state index >= 15 is 0 Å². The summed E-state index contributed by atoms with van der Waals surface area (Å²) in [7, 11) is 0. The maximum Gasteiger partial charge on any atom is 0.233 e. The molecular formula is C15H18ClN5OS. The van der Waals surface area contributed by atoms with Crippen molar-refractivity contribution in [2.75, 3.05) is 0 Å². The normalized spacial score (nSPS) is 16.4. The average molecular weight is 352 g/mol. The summed E-state index contributed by atoms with van der Waals surface area (Å²) in [6.07, 6.45) is 4.52. The zero-order chi connectivity index (χ0) is 16.2. The number of carbonyl (C=O) groups is 1. The quantitative estimate of drug-likeness (QED) is 0.838. The molecule has 1 aliphatic carbocycles. The minimum atomic E-state index is -0.275. The fraction of sp³-hybridized carbons (Fsp3) is 0.467. The minimum absolute atomic E-state index is 0.0237. The van der Waals surface area contributed by atoms with Gasteiger partial charge in [0.15, 0.2) is 0 Å². The number of nitrogens with one attached hydrogen (secondary N) is 1. The van der Waals surface area contributed by atoms with Crippen molar-refractivity contribution in [3.05, 3.63) is 29.3 Å². The van der Waals surface area contributed by atoms with Gasteiger partial charge in [-0.25, -0.2) is 0 Å². The number of aromatic nitrogens is 4. The second-order valence-electron chi connectivity index (χ2n) is 5.57. The molecule has 0 bridgehead atoms. The fourth-order valence-corrected chi connectivity index (χ4v) is 3.65. The van der Waals surface area contributed by atoms with E-state index in [1.165, 1.54) is 24.6 Å². The van der Waals surface area contributed by atoms with Crippen LogP contribution in [0.4, 0.5) is 0 Å². The number of tetrazole rings is 1. The van der Waals surface area contributed by atoms with Crippen LogP contribution in [0.5, 0.6) is 0 Å². The first-order chi connectivity index (χ1) is 11.1. The summed E-state index contributed by atoms with van der Waals surface area (Å²) in [5.41, 5.74) is 0.699. The van der Waals surface area contributed by atoms with Gasteiger partial charge >= 0.3 is 0 Å². The molecule has 1 aliphatic rings. The van der Waals surface area contributed by atoms with Crippen LogP contribution in [-0.4, -0.2) is 37.4 Å². The first kappa shape index (κ1) is 16.3. The molecule has 2 aromatic rings. The van der Waals surface area contributed by atoms with Crippen LogP contribution in [0.2, 0.25) is 5.02 Å². The van der Waals surface area contributed by atoms with Crippen LogP contribution in [0.1, 0.15) is 32.6 Å². The predicted molar refractivity (Wildman–Crippen MR) is 89.9 cm³/mol. The van der Waals surface area contributed by atoms with E-state index in [-0.39, 0.29) is 11.2 Å². The van der Waals surface area contributed by atoms with Crippen molar-refractivity contribution in [1.82, 2.24) is 25.5 Å². The highest BCUT2D eigenvalue weighted by Crippen LogP contribution is 2.27. The number of para-hydroxylation sites is 1. The standard InChI is InChI=1S/C15H18ClN5OS/c1-10(14(22)17-11-6-2-3-7-11)23-15-18-19-20-21(15)13-9-5-4-8-12(13)16/h4-5,8-11H,2-3,6-7H2,1H3,(H,17,22). The fourth-order valence-electron chi connectivity index (χ4n) is 2.63. The Morgan fingerprint density at radius 2 is 2.13 bits per heavy atom. The lowest BCUT2D eigenvalue weighted by atomic mass is 10.2. The van der Waals surface area contributed by atoms with Crippen LogP contribution >= 0.6 is 23.4 Å². The molecule has 1 aromatic carbocycles. The molecule has 0 spiro atoms. The summed E-state index contributed by atoms with van der Waals surface area (Å²) in [6, 6.07) is 7.65. The first-order valence-corrected chi connectivity index (χ1v) is 8.91. The van der Waals surface area contributed by atoms with E-state index in [0.29, 0.717) is 21.9 Å². The SMILES string of the molecule is CC(Sc1nnnn1-c1ccccc1Cl)C(=O)NC1CCCC1. The summed E-state index contributed by atoms with van der Waals surface area (Å²) < 4.78 is 1.56. The van der Waals surface area contributed by atoms with E-state index < -0.39 is 0 Å². The van der Waals surface area contributed by atoms with E-state index in [4.69, 9.17) is 11.6 Å². The van der Waals surface area contributed by atoms with Gasteiger partial charge in [0.25, 0.3) is 0 Å². The average Bonchev–Trinajstić information content (AvgIpc) is 3.19. The van der Waals surface area contributed by atoms with Gasteiger partial charge in [-0.3, -0.25) is 4.79 Å². The van der Waals surface area contributed by atoms with Gasteiger partial charge in [-0.05, 0) is 42.3 Å². The van der Waals surface area contributed by atoms with Crippen LogP contribution in [0.15, 0.2) is 29.4 Å². The van der Waals surface area contributed by atoms with E-state index in [2.05, 4.69) is 20.8 Å². The smallest absolute Gasteiger partial charge is 0.233 e. The van der Waals surface area contributed by atoms with Gasteiger partial charge in [0.1, 0.15) is 0 Å². The topological polar surface area (TPSA) is 72.7 Å². The number of nitrogens with zero attached hydrogens (tertiary/aromatic N) is 4. The number of hydrogen-bond acceptors (Lipinski definition) is 5. The van der Waals surface area contributed by atoms with Gasteiger partial charge in [-0.1, -0.05) is 48.3 Å². The number of rotatable bonds is 5. The van der Waals surface area contributed by atoms with Crippen molar-refractivity contribution < 1.29 is 4.79 Å². The summed E-state index contributed by atoms with van der Waals surface area (Å²) in [5, 5.41) is 15.6. The van der Waals surface area contributed by atoms with Crippen LogP contribution in [0, 0.1) is 0 Å². The van der Waals surface area contributed by atoms with Gasteiger partial charge in [0.05, 0.1) is 16.0 Å². The molecule has 1 saturated carbocycles. The molecule has 0 radical (unpaired) electrons. The second-order valence-corrected chi connectivity index (χ2v) is 7.29. The zero-order valence-corrected chi connectivity index (χ0v) is 14.3. The molecule has 1 heterocycles. The van der Waals surface area contributed by atoms with Crippen LogP contribution in [0.3, 0.4) is 0 Å². The van der Waals surface area contributed by atoms with Gasteiger partial charge in [0.2, 0.25) is 11.1 Å². The van der Waals surface area contributed by atoms with E-state index in [1.54, 1.807) is 10.7 Å². The minimum Gasteiger partial charge on any atom is -0.352 e. The summed E-state index contributed by atoms with van der Waals surface area (Å²) in [5.74, 6) is 0.0237. The van der Waals surface area contributed by atoms with Gasteiger partial charge in [-0.15, -0.1) is 5.10 Å². The Hall–Kier alpha value is -1.60. The molecule has 1 atom stereocenters. The van der Waals surface area contributed by atoms with Gasteiger partial charge in [0, 0.05) is 6.04 Å². The summed E-state index contributed by atoms with van der Waals surface area (Å²) in [4.78, 5) is 12.3. The zero-order valence-electron chi connectivity index (χ0n) is 12.8. The highest BCUT2D eigenvalue weighted by Gasteiger charge is 2.23. The Morgan fingerprint density at radius 3 is 2.87 bits per heavy atom. The highest BCUT2D eigenvalue weighted by atomic mass is 35.5. The Kier molecular flexibility index (Phi) is 5.17. The molecule has 1 amide bonds. The van der Waals surface area contributed by atoms with Crippen molar-refractivity contribution in [3.63, 3.8) is 0 Å². The van der Waals surface area contributed by atoms with E-state index in [9.17, 15) is 4.79 Å². The number of halogens is 1. The lowest BCUT2D eigenvalue weighted by Crippen LogP contribution is -2.37. The number of amides is 1. The van der Waals surface area contributed by atoms with Gasteiger partial charge < -0.3 is 5.32 Å². The lowest BCUT2D eigenvalue weighted by Gasteiger charge is -2.16. The Balaban J connectivity index is 1.70. The molecule has 8 heteroatoms. The molecule has 3 rings (SSSR count). The Labute approximate surface area is 144 Å². The molecular weight excluding hydrogens is 334 g/mol. The summed E-state index contributed by atoms with van der Waals surface area (Å²) >= 11 is 7.52. The van der Waals surface area contributed by atoms with Crippen LogP contribution in [0.25, 0.3) is 5.69 Å². The van der Waals surface area contributed by atoms with Crippen molar-refractivity contribution in [2.45, 2.75) is 49.1 Å². The number of carbonyl (C=O) groups excluding carboxylic acids is 1. The Morgan fingerprint density at radius 1 is 1.39 bits per heavy atom. The molecule has 1 fully saturated rings. The van der Waals surface area contributed by atoms with Crippen molar-refractivity contribution in [3.8, 4) is 5.69 Å². The van der Waals surface area contributed by atoms with Crippen LogP contribution < -0.4 is 5.32 Å². The Bertz CT molecular complexity index is 686. The predicted octanol–water partition coefficient (Wildman–Crippen LogP) is 2.86.